The van der Waals surface area contributed by atoms with E-state index in [0.717, 1.165) is 5.56 Å². The largest absolute Gasteiger partial charge is 0.374 e. The van der Waals surface area contributed by atoms with Crippen LogP contribution in [0.25, 0.3) is 0 Å². The minimum Gasteiger partial charge on any atom is -0.374 e. The molecule has 1 atom stereocenters. The summed E-state index contributed by atoms with van der Waals surface area (Å²) in [6.45, 7) is 1.60. The van der Waals surface area contributed by atoms with Gasteiger partial charge in [0, 0.05) is 0 Å². The molecular formula is C10H10O. The van der Waals surface area contributed by atoms with Crippen molar-refractivity contribution in [3.05, 3.63) is 35.9 Å². The van der Waals surface area contributed by atoms with Gasteiger partial charge in [0.2, 0.25) is 0 Å². The Bertz CT molecular complexity index is 267. The molecule has 0 aliphatic carbocycles. The van der Waals surface area contributed by atoms with Crippen LogP contribution in [0.4, 0.5) is 0 Å². The molecule has 0 saturated heterocycles. The zero-order valence-electron chi connectivity index (χ0n) is 6.41. The predicted octanol–water partition coefficient (Wildman–Crippen LogP) is 1.53. The SMILES string of the molecule is C#C[C@@](C)(O)c1ccccc1. The van der Waals surface area contributed by atoms with Crippen molar-refractivity contribution in [2.45, 2.75) is 12.5 Å². The van der Waals surface area contributed by atoms with Gasteiger partial charge in [-0.25, -0.2) is 0 Å². The van der Waals surface area contributed by atoms with Crippen molar-refractivity contribution in [3.8, 4) is 12.3 Å². The van der Waals surface area contributed by atoms with Crippen LogP contribution in [0.2, 0.25) is 0 Å². The first-order valence-corrected chi connectivity index (χ1v) is 3.42. The molecule has 0 unspecified atom stereocenters. The van der Waals surface area contributed by atoms with E-state index in [2.05, 4.69) is 5.92 Å². The van der Waals surface area contributed by atoms with Gasteiger partial charge in [-0.15, -0.1) is 6.42 Å². The summed E-state index contributed by atoms with van der Waals surface area (Å²) in [5, 5.41) is 9.56. The van der Waals surface area contributed by atoms with Crippen LogP contribution in [0, 0.1) is 12.3 Å². The highest BCUT2D eigenvalue weighted by atomic mass is 16.3. The molecule has 0 aliphatic heterocycles. The van der Waals surface area contributed by atoms with Crippen molar-refractivity contribution in [2.75, 3.05) is 0 Å². The van der Waals surface area contributed by atoms with E-state index in [1.165, 1.54) is 0 Å². The molecule has 0 amide bonds. The maximum absolute atomic E-state index is 9.56. The average Bonchev–Trinajstić information content (AvgIpc) is 2.06. The Hall–Kier alpha value is -1.26. The van der Waals surface area contributed by atoms with Crippen LogP contribution in [0.15, 0.2) is 30.3 Å². The van der Waals surface area contributed by atoms with Crippen molar-refractivity contribution >= 4 is 0 Å². The highest BCUT2D eigenvalue weighted by Crippen LogP contribution is 2.17. The van der Waals surface area contributed by atoms with E-state index in [1.54, 1.807) is 19.1 Å². The lowest BCUT2D eigenvalue weighted by atomic mass is 9.97. The summed E-state index contributed by atoms with van der Waals surface area (Å²) in [6.07, 6.45) is 5.14. The second-order valence-electron chi connectivity index (χ2n) is 2.58. The van der Waals surface area contributed by atoms with E-state index < -0.39 is 5.60 Å². The van der Waals surface area contributed by atoms with Crippen molar-refractivity contribution in [1.29, 1.82) is 0 Å². The van der Waals surface area contributed by atoms with E-state index in [9.17, 15) is 5.11 Å². The third-order valence-electron chi connectivity index (χ3n) is 1.62. The summed E-state index contributed by atoms with van der Waals surface area (Å²) in [4.78, 5) is 0. The zero-order valence-corrected chi connectivity index (χ0v) is 6.41. The lowest BCUT2D eigenvalue weighted by molar-refractivity contribution is 0.122. The van der Waals surface area contributed by atoms with Gasteiger partial charge in [0.15, 0.2) is 0 Å². The van der Waals surface area contributed by atoms with Crippen molar-refractivity contribution < 1.29 is 5.11 Å². The average molecular weight is 146 g/mol. The number of benzene rings is 1. The van der Waals surface area contributed by atoms with E-state index >= 15 is 0 Å². The van der Waals surface area contributed by atoms with Gasteiger partial charge in [-0.2, -0.15) is 0 Å². The molecule has 1 N–H and O–H groups in total. The second kappa shape index (κ2) is 2.77. The Morgan fingerprint density at radius 3 is 2.36 bits per heavy atom. The minimum absolute atomic E-state index is 0.752. The fraction of sp³-hybridized carbons (Fsp3) is 0.200. The molecule has 0 aromatic heterocycles. The summed E-state index contributed by atoms with van der Waals surface area (Å²) >= 11 is 0. The number of hydrogen-bond acceptors (Lipinski definition) is 1. The van der Waals surface area contributed by atoms with Gasteiger partial charge in [0.05, 0.1) is 0 Å². The van der Waals surface area contributed by atoms with E-state index in [1.807, 2.05) is 18.2 Å². The van der Waals surface area contributed by atoms with E-state index in [4.69, 9.17) is 6.42 Å². The number of aliphatic hydroxyl groups is 1. The fourth-order valence-corrected chi connectivity index (χ4v) is 0.846. The Balaban J connectivity index is 3.05. The highest BCUT2D eigenvalue weighted by Gasteiger charge is 2.17. The molecule has 0 spiro atoms. The molecular weight excluding hydrogens is 136 g/mol. The molecule has 0 heterocycles. The minimum atomic E-state index is -1.14. The third-order valence-corrected chi connectivity index (χ3v) is 1.62. The Morgan fingerprint density at radius 1 is 1.36 bits per heavy atom. The van der Waals surface area contributed by atoms with Gasteiger partial charge in [0.25, 0.3) is 0 Å². The summed E-state index contributed by atoms with van der Waals surface area (Å²) in [6, 6.07) is 9.19. The highest BCUT2D eigenvalue weighted by molar-refractivity contribution is 5.28. The molecule has 0 aliphatic rings. The van der Waals surface area contributed by atoms with Crippen LogP contribution in [-0.2, 0) is 5.60 Å². The fourth-order valence-electron chi connectivity index (χ4n) is 0.846. The van der Waals surface area contributed by atoms with Gasteiger partial charge in [-0.3, -0.25) is 0 Å². The molecule has 1 heteroatoms. The molecule has 1 nitrogen and oxygen atoms in total. The van der Waals surface area contributed by atoms with Gasteiger partial charge in [-0.05, 0) is 12.5 Å². The normalized spacial score (nSPS) is 15.0. The van der Waals surface area contributed by atoms with Gasteiger partial charge < -0.3 is 5.11 Å². The van der Waals surface area contributed by atoms with Crippen molar-refractivity contribution in [3.63, 3.8) is 0 Å². The Labute approximate surface area is 66.7 Å². The van der Waals surface area contributed by atoms with Crippen LogP contribution in [0.5, 0.6) is 0 Å². The summed E-state index contributed by atoms with van der Waals surface area (Å²) in [5.74, 6) is 2.31. The predicted molar refractivity (Wildman–Crippen MR) is 44.8 cm³/mol. The smallest absolute Gasteiger partial charge is 0.147 e. The molecule has 1 aromatic carbocycles. The van der Waals surface area contributed by atoms with E-state index in [-0.39, 0.29) is 0 Å². The van der Waals surface area contributed by atoms with Crippen LogP contribution >= 0.6 is 0 Å². The maximum Gasteiger partial charge on any atom is 0.147 e. The molecule has 0 bridgehead atoms. The summed E-state index contributed by atoms with van der Waals surface area (Å²) in [7, 11) is 0. The Morgan fingerprint density at radius 2 is 1.91 bits per heavy atom. The number of rotatable bonds is 1. The lowest BCUT2D eigenvalue weighted by Crippen LogP contribution is -2.17. The third kappa shape index (κ3) is 1.60. The lowest BCUT2D eigenvalue weighted by Gasteiger charge is -2.15. The van der Waals surface area contributed by atoms with Gasteiger partial charge in [0.1, 0.15) is 5.60 Å². The second-order valence-corrected chi connectivity index (χ2v) is 2.58. The topological polar surface area (TPSA) is 20.2 Å². The summed E-state index contributed by atoms with van der Waals surface area (Å²) in [5.41, 5.74) is -0.385. The van der Waals surface area contributed by atoms with Crippen molar-refractivity contribution in [1.82, 2.24) is 0 Å². The van der Waals surface area contributed by atoms with E-state index in [0.29, 0.717) is 0 Å². The molecule has 1 aromatic rings. The van der Waals surface area contributed by atoms with Crippen molar-refractivity contribution in [2.24, 2.45) is 0 Å². The molecule has 0 fully saturated rings. The van der Waals surface area contributed by atoms with Crippen LogP contribution in [-0.4, -0.2) is 5.11 Å². The Kier molecular flexibility index (Phi) is 1.98. The van der Waals surface area contributed by atoms with Crippen LogP contribution in [0.3, 0.4) is 0 Å². The number of hydrogen-bond donors (Lipinski definition) is 1. The summed E-state index contributed by atoms with van der Waals surface area (Å²) < 4.78 is 0. The standard InChI is InChI=1S/C10H10O/c1-3-10(2,11)9-7-5-4-6-8-9/h1,4-8,11H,2H3/t10-/m1/s1. The maximum atomic E-state index is 9.56. The first-order chi connectivity index (χ1) is 5.17. The molecule has 0 saturated carbocycles. The van der Waals surface area contributed by atoms with Gasteiger partial charge >= 0.3 is 0 Å². The van der Waals surface area contributed by atoms with Crippen LogP contribution in [0.1, 0.15) is 12.5 Å². The first-order valence-electron chi connectivity index (χ1n) is 3.42. The first kappa shape index (κ1) is 7.84. The molecule has 1 rings (SSSR count). The monoisotopic (exact) mass is 146 g/mol. The number of terminal acetylenes is 1. The molecule has 0 radical (unpaired) electrons. The van der Waals surface area contributed by atoms with Crippen LogP contribution < -0.4 is 0 Å². The molecule has 56 valence electrons. The zero-order chi connectivity index (χ0) is 8.32. The molecule has 11 heavy (non-hydrogen) atoms. The quantitative estimate of drug-likeness (QED) is 0.596. The van der Waals surface area contributed by atoms with Gasteiger partial charge in [-0.1, -0.05) is 36.3 Å².